The van der Waals surface area contributed by atoms with E-state index in [0.717, 1.165) is 45.3 Å². The van der Waals surface area contributed by atoms with E-state index in [1.165, 1.54) is 56.3 Å². The van der Waals surface area contributed by atoms with E-state index in [1.807, 2.05) is 0 Å². The van der Waals surface area contributed by atoms with Crippen molar-refractivity contribution in [2.24, 2.45) is 5.92 Å². The first-order chi connectivity index (χ1) is 19.1. The molecule has 5 nitrogen and oxygen atoms in total. The van der Waals surface area contributed by atoms with Crippen LogP contribution in [0.4, 0.5) is 0 Å². The van der Waals surface area contributed by atoms with Gasteiger partial charge in [0.2, 0.25) is 0 Å². The first-order valence-electron chi connectivity index (χ1n) is 15.6. The molecule has 3 aliphatic carbocycles. The van der Waals surface area contributed by atoms with Crippen LogP contribution in [0.2, 0.25) is 0 Å². The molecular formula is C34H46N2O3. The molecule has 7 rings (SSSR count). The average molecular weight is 531 g/mol. The summed E-state index contributed by atoms with van der Waals surface area (Å²) in [6.45, 7) is 5.10. The second-order valence-corrected chi connectivity index (χ2v) is 12.7. The number of carbonyl (C=O) groups excluding carboxylic acids is 1. The third-order valence-corrected chi connectivity index (χ3v) is 10.3. The third kappa shape index (κ3) is 5.96. The summed E-state index contributed by atoms with van der Waals surface area (Å²) in [7, 11) is 0. The van der Waals surface area contributed by atoms with E-state index in [4.69, 9.17) is 4.74 Å². The van der Waals surface area contributed by atoms with Gasteiger partial charge in [0, 0.05) is 37.4 Å². The quantitative estimate of drug-likeness (QED) is 0.441. The Morgan fingerprint density at radius 2 is 1.41 bits per heavy atom. The molecule has 3 saturated carbocycles. The van der Waals surface area contributed by atoms with E-state index in [0.29, 0.717) is 24.2 Å². The van der Waals surface area contributed by atoms with Crippen molar-refractivity contribution in [1.29, 1.82) is 0 Å². The Kier molecular flexibility index (Phi) is 8.38. The van der Waals surface area contributed by atoms with Gasteiger partial charge in [0.15, 0.2) is 0 Å². The summed E-state index contributed by atoms with van der Waals surface area (Å²) in [4.78, 5) is 18.5. The largest absolute Gasteiger partial charge is 0.462 e. The van der Waals surface area contributed by atoms with Gasteiger partial charge in [-0.3, -0.25) is 9.69 Å². The van der Waals surface area contributed by atoms with Gasteiger partial charge in [0.1, 0.15) is 6.10 Å². The molecular weight excluding hydrogens is 484 g/mol. The highest BCUT2D eigenvalue weighted by Gasteiger charge is 2.59. The van der Waals surface area contributed by atoms with Gasteiger partial charge in [-0.2, -0.15) is 0 Å². The van der Waals surface area contributed by atoms with Gasteiger partial charge >= 0.3 is 5.97 Å². The van der Waals surface area contributed by atoms with Gasteiger partial charge in [-0.05, 0) is 87.5 Å². The first kappa shape index (κ1) is 27.0. The fourth-order valence-corrected chi connectivity index (χ4v) is 8.42. The van der Waals surface area contributed by atoms with Crippen LogP contribution in [0.3, 0.4) is 0 Å². The van der Waals surface area contributed by atoms with Crippen LogP contribution in [0.1, 0.15) is 87.2 Å². The molecule has 0 amide bonds. The lowest BCUT2D eigenvalue weighted by molar-refractivity contribution is -0.170. The van der Waals surface area contributed by atoms with Crippen LogP contribution in [-0.2, 0) is 9.53 Å². The number of ether oxygens (including phenoxy) is 1. The summed E-state index contributed by atoms with van der Waals surface area (Å²) in [5, 5.41) is 9.79. The van der Waals surface area contributed by atoms with Crippen molar-refractivity contribution in [2.45, 2.75) is 93.8 Å². The van der Waals surface area contributed by atoms with Crippen LogP contribution in [0.5, 0.6) is 0 Å². The molecule has 0 aromatic heterocycles. The summed E-state index contributed by atoms with van der Waals surface area (Å²) in [5.74, 6) is 1.04. The normalized spacial score (nSPS) is 32.2. The summed E-state index contributed by atoms with van der Waals surface area (Å²) in [6, 6.07) is 22.1. The van der Waals surface area contributed by atoms with Gasteiger partial charge in [0.25, 0.3) is 0 Å². The van der Waals surface area contributed by atoms with Gasteiger partial charge in [-0.15, -0.1) is 0 Å². The van der Waals surface area contributed by atoms with Crippen LogP contribution in [0, 0.1) is 5.92 Å². The number of likely N-dealkylation sites (tertiary alicyclic amines) is 2. The Hall–Kier alpha value is -2.21. The van der Waals surface area contributed by atoms with E-state index in [9.17, 15) is 9.90 Å². The molecule has 2 heterocycles. The Bertz CT molecular complexity index is 1010. The van der Waals surface area contributed by atoms with Gasteiger partial charge in [-0.25, -0.2) is 0 Å². The zero-order valence-electron chi connectivity index (χ0n) is 23.4. The fourth-order valence-electron chi connectivity index (χ4n) is 8.42. The smallest absolute Gasteiger partial charge is 0.306 e. The Morgan fingerprint density at radius 3 is 2.00 bits per heavy atom. The number of rotatable bonds is 8. The van der Waals surface area contributed by atoms with Crippen molar-refractivity contribution in [1.82, 2.24) is 9.80 Å². The van der Waals surface area contributed by atoms with Crippen molar-refractivity contribution < 1.29 is 14.6 Å². The predicted molar refractivity (Wildman–Crippen MR) is 155 cm³/mol. The van der Waals surface area contributed by atoms with Crippen LogP contribution in [0.25, 0.3) is 0 Å². The third-order valence-electron chi connectivity index (χ3n) is 10.3. The molecule has 2 saturated heterocycles. The molecule has 5 fully saturated rings. The number of nitrogens with zero attached hydrogens (tertiary/aromatic N) is 2. The summed E-state index contributed by atoms with van der Waals surface area (Å²) in [5.41, 5.74) is 2.88. The molecule has 0 spiro atoms. The maximum absolute atomic E-state index is 13.4. The van der Waals surface area contributed by atoms with Crippen LogP contribution in [-0.4, -0.2) is 71.3 Å². The minimum Gasteiger partial charge on any atom is -0.462 e. The lowest BCUT2D eigenvalue weighted by atomic mass is 9.51. The molecule has 2 aromatic rings. The average Bonchev–Trinajstić information content (AvgIpc) is 2.99. The monoisotopic (exact) mass is 530 g/mol. The Balaban J connectivity index is 1.24. The van der Waals surface area contributed by atoms with Crippen molar-refractivity contribution in [3.05, 3.63) is 71.8 Å². The van der Waals surface area contributed by atoms with E-state index >= 15 is 0 Å². The number of carbonyl (C=O) groups is 1. The van der Waals surface area contributed by atoms with Crippen LogP contribution >= 0.6 is 0 Å². The molecule has 1 N–H and O–H groups in total. The standard InChI is InChI=1S/C34H46N2O3/c37-28-16-21-35(22-17-28)18-10-15-32(38)39-31-25-34(36-19-8-3-9-20-36)23-29(26-11-4-1-5-12-26)33(31)30(24-34)27-13-6-2-7-14-27/h1-2,4-7,11-14,28-31,33,37H,3,8-10,15-25H2. The SMILES string of the molecule is O=C(CCCN1CCC(O)CC1)OC1CC2(N3CCCCC3)CC(c3ccccc3)C1C(c1ccccc1)C2. The summed E-state index contributed by atoms with van der Waals surface area (Å²) >= 11 is 0. The van der Waals surface area contributed by atoms with Crippen LogP contribution < -0.4 is 0 Å². The van der Waals surface area contributed by atoms with E-state index in [-0.39, 0.29) is 23.7 Å². The summed E-state index contributed by atoms with van der Waals surface area (Å²) in [6.07, 6.45) is 9.96. The molecule has 3 atom stereocenters. The molecule has 0 radical (unpaired) electrons. The van der Waals surface area contributed by atoms with Crippen LogP contribution in [0.15, 0.2) is 60.7 Å². The number of piperidine rings is 2. The summed E-state index contributed by atoms with van der Waals surface area (Å²) < 4.78 is 6.53. The number of benzene rings is 2. The minimum atomic E-state index is -0.157. The molecule has 2 aliphatic heterocycles. The lowest BCUT2D eigenvalue weighted by Gasteiger charge is -2.62. The second-order valence-electron chi connectivity index (χ2n) is 12.7. The number of aliphatic hydroxyl groups is 1. The van der Waals surface area contributed by atoms with E-state index in [1.54, 1.807) is 0 Å². The molecule has 39 heavy (non-hydrogen) atoms. The van der Waals surface area contributed by atoms with Gasteiger partial charge in [0.05, 0.1) is 6.10 Å². The van der Waals surface area contributed by atoms with Crippen molar-refractivity contribution >= 4 is 5.97 Å². The number of hydrogen-bond acceptors (Lipinski definition) is 5. The number of esters is 1. The van der Waals surface area contributed by atoms with Crippen molar-refractivity contribution in [3.8, 4) is 0 Å². The highest BCUT2D eigenvalue weighted by atomic mass is 16.5. The zero-order chi connectivity index (χ0) is 26.7. The van der Waals surface area contributed by atoms with Gasteiger partial charge < -0.3 is 14.7 Å². The number of fused-ring (bicyclic) bond motifs is 3. The highest BCUT2D eigenvalue weighted by Crippen LogP contribution is 2.60. The zero-order valence-corrected chi connectivity index (χ0v) is 23.4. The fraction of sp³-hybridized carbons (Fsp3) is 0.618. The molecule has 210 valence electrons. The first-order valence-corrected chi connectivity index (χ1v) is 15.6. The topological polar surface area (TPSA) is 53.0 Å². The Labute approximate surface area is 234 Å². The maximum Gasteiger partial charge on any atom is 0.306 e. The lowest BCUT2D eigenvalue weighted by Crippen LogP contribution is -2.64. The number of aliphatic hydroxyl groups excluding tert-OH is 1. The number of hydrogen-bond donors (Lipinski definition) is 1. The maximum atomic E-state index is 13.4. The molecule has 5 heteroatoms. The minimum absolute atomic E-state index is 0.0305. The second kappa shape index (κ2) is 12.1. The predicted octanol–water partition coefficient (Wildman–Crippen LogP) is 5.74. The molecule has 2 aromatic carbocycles. The molecule has 2 bridgehead atoms. The van der Waals surface area contributed by atoms with Crippen molar-refractivity contribution in [2.75, 3.05) is 32.7 Å². The van der Waals surface area contributed by atoms with E-state index in [2.05, 4.69) is 70.5 Å². The highest BCUT2D eigenvalue weighted by molar-refractivity contribution is 5.69. The molecule has 3 unspecified atom stereocenters. The Morgan fingerprint density at radius 1 is 0.821 bits per heavy atom. The van der Waals surface area contributed by atoms with Gasteiger partial charge in [-0.1, -0.05) is 67.1 Å². The molecule has 5 aliphatic rings. The van der Waals surface area contributed by atoms with E-state index < -0.39 is 0 Å². The van der Waals surface area contributed by atoms with Crippen molar-refractivity contribution in [3.63, 3.8) is 0 Å².